The summed E-state index contributed by atoms with van der Waals surface area (Å²) in [6.45, 7) is 7.29. The average Bonchev–Trinajstić information content (AvgIpc) is 3.06. The van der Waals surface area contributed by atoms with E-state index in [-0.39, 0.29) is 0 Å². The predicted octanol–water partition coefficient (Wildman–Crippen LogP) is 2.98. The van der Waals surface area contributed by atoms with Gasteiger partial charge in [0.05, 0.1) is 13.2 Å². The molecule has 2 aromatic rings. The highest BCUT2D eigenvalue weighted by Crippen LogP contribution is 2.19. The zero-order chi connectivity index (χ0) is 15.2. The van der Waals surface area contributed by atoms with Crippen LogP contribution in [-0.2, 0) is 6.54 Å². The largest absolute Gasteiger partial charge is 0.493 e. The molecule has 0 saturated carbocycles. The summed E-state index contributed by atoms with van der Waals surface area (Å²) in [7, 11) is 0. The van der Waals surface area contributed by atoms with E-state index in [2.05, 4.69) is 41.2 Å². The number of ether oxygens (including phenoxy) is 1. The Labute approximate surface area is 132 Å². The average molecular weight is 299 g/mol. The Bertz CT molecular complexity index is 550. The van der Waals surface area contributed by atoms with Gasteiger partial charge in [0.2, 0.25) is 0 Å². The molecule has 0 N–H and O–H groups in total. The van der Waals surface area contributed by atoms with Gasteiger partial charge in [0, 0.05) is 31.4 Å². The lowest BCUT2D eigenvalue weighted by molar-refractivity contribution is 0.126. The van der Waals surface area contributed by atoms with Gasteiger partial charge in [-0.2, -0.15) is 5.10 Å². The first kappa shape index (κ1) is 15.1. The molecule has 0 radical (unpaired) electrons. The molecular weight excluding hydrogens is 274 g/mol. The van der Waals surface area contributed by atoms with E-state index in [0.717, 1.165) is 32.0 Å². The summed E-state index contributed by atoms with van der Waals surface area (Å²) in [6.07, 6.45) is 6.40. The van der Waals surface area contributed by atoms with Crippen LogP contribution in [0.5, 0.6) is 5.75 Å². The number of nitrogens with zero attached hydrogens (tertiary/aromatic N) is 3. The normalized spacial score (nSPS) is 19.2. The summed E-state index contributed by atoms with van der Waals surface area (Å²) in [4.78, 5) is 2.54. The zero-order valence-electron chi connectivity index (χ0n) is 13.3. The molecule has 22 heavy (non-hydrogen) atoms. The van der Waals surface area contributed by atoms with Gasteiger partial charge in [-0.25, -0.2) is 0 Å². The van der Waals surface area contributed by atoms with Gasteiger partial charge < -0.3 is 9.64 Å². The number of rotatable bonds is 6. The van der Waals surface area contributed by atoms with Crippen LogP contribution in [0.3, 0.4) is 0 Å². The van der Waals surface area contributed by atoms with E-state index in [1.807, 2.05) is 23.1 Å². The Balaban J connectivity index is 1.43. The summed E-state index contributed by atoms with van der Waals surface area (Å²) >= 11 is 0. The molecule has 1 fully saturated rings. The van der Waals surface area contributed by atoms with Crippen molar-refractivity contribution in [2.75, 3.05) is 26.2 Å². The molecule has 118 valence electrons. The lowest BCUT2D eigenvalue weighted by Gasteiger charge is -2.32. The standard InChI is InChI=1S/C18H25N3O/c1-16-5-7-18(8-6-16)22-15-17-4-2-10-20(14-17)12-13-21-11-3-9-19-21/h3,5-9,11,17H,2,4,10,12-15H2,1H3. The molecule has 2 heterocycles. The summed E-state index contributed by atoms with van der Waals surface area (Å²) in [5.74, 6) is 1.62. The van der Waals surface area contributed by atoms with Crippen molar-refractivity contribution in [2.24, 2.45) is 5.92 Å². The first-order valence-corrected chi connectivity index (χ1v) is 8.19. The number of aromatic nitrogens is 2. The van der Waals surface area contributed by atoms with E-state index in [4.69, 9.17) is 4.74 Å². The maximum atomic E-state index is 5.95. The van der Waals surface area contributed by atoms with Crippen molar-refractivity contribution >= 4 is 0 Å². The number of benzene rings is 1. The van der Waals surface area contributed by atoms with Gasteiger partial charge in [-0.05, 0) is 44.5 Å². The van der Waals surface area contributed by atoms with E-state index in [0.29, 0.717) is 5.92 Å². The molecule has 0 amide bonds. The van der Waals surface area contributed by atoms with Crippen LogP contribution < -0.4 is 4.74 Å². The molecule has 3 rings (SSSR count). The lowest BCUT2D eigenvalue weighted by atomic mass is 9.99. The van der Waals surface area contributed by atoms with Crippen LogP contribution in [0.25, 0.3) is 0 Å². The SMILES string of the molecule is Cc1ccc(OCC2CCCN(CCn3cccn3)C2)cc1. The van der Waals surface area contributed by atoms with Crippen molar-refractivity contribution in [3.05, 3.63) is 48.3 Å². The molecule has 1 aliphatic rings. The first-order valence-electron chi connectivity index (χ1n) is 8.19. The molecule has 1 atom stereocenters. The van der Waals surface area contributed by atoms with Crippen molar-refractivity contribution < 1.29 is 4.74 Å². The van der Waals surface area contributed by atoms with Gasteiger partial charge in [0.1, 0.15) is 5.75 Å². The second-order valence-electron chi connectivity index (χ2n) is 6.20. The first-order chi connectivity index (χ1) is 10.8. The van der Waals surface area contributed by atoms with Crippen molar-refractivity contribution in [1.82, 2.24) is 14.7 Å². The van der Waals surface area contributed by atoms with Crippen LogP contribution in [-0.4, -0.2) is 40.9 Å². The number of hydrogen-bond donors (Lipinski definition) is 0. The maximum absolute atomic E-state index is 5.95. The molecule has 4 nitrogen and oxygen atoms in total. The fourth-order valence-corrected chi connectivity index (χ4v) is 3.02. The van der Waals surface area contributed by atoms with Crippen molar-refractivity contribution in [3.8, 4) is 5.75 Å². The summed E-state index contributed by atoms with van der Waals surface area (Å²) < 4.78 is 7.96. The number of likely N-dealkylation sites (tertiary alicyclic amines) is 1. The summed E-state index contributed by atoms with van der Waals surface area (Å²) in [5, 5.41) is 4.27. The Hall–Kier alpha value is -1.81. The number of piperidine rings is 1. The second-order valence-corrected chi connectivity index (χ2v) is 6.20. The van der Waals surface area contributed by atoms with E-state index < -0.39 is 0 Å². The van der Waals surface area contributed by atoms with Gasteiger partial charge in [0.25, 0.3) is 0 Å². The van der Waals surface area contributed by atoms with Crippen molar-refractivity contribution in [2.45, 2.75) is 26.3 Å². The number of aryl methyl sites for hydroxylation is 1. The van der Waals surface area contributed by atoms with Gasteiger partial charge in [-0.3, -0.25) is 4.68 Å². The van der Waals surface area contributed by atoms with E-state index >= 15 is 0 Å². The highest BCUT2D eigenvalue weighted by molar-refractivity contribution is 5.26. The molecule has 1 aromatic heterocycles. The minimum atomic E-state index is 0.632. The third-order valence-corrected chi connectivity index (χ3v) is 4.31. The lowest BCUT2D eigenvalue weighted by Crippen LogP contribution is -2.39. The highest BCUT2D eigenvalue weighted by atomic mass is 16.5. The van der Waals surface area contributed by atoms with E-state index in [1.54, 1.807) is 0 Å². The third-order valence-electron chi connectivity index (χ3n) is 4.31. The third kappa shape index (κ3) is 4.34. The van der Waals surface area contributed by atoms with Crippen molar-refractivity contribution in [1.29, 1.82) is 0 Å². The van der Waals surface area contributed by atoms with Crippen LogP contribution in [0.15, 0.2) is 42.7 Å². The van der Waals surface area contributed by atoms with Crippen LogP contribution in [0.2, 0.25) is 0 Å². The molecule has 1 aromatic carbocycles. The van der Waals surface area contributed by atoms with Crippen LogP contribution >= 0.6 is 0 Å². The molecule has 0 aliphatic carbocycles. The molecule has 4 heteroatoms. The minimum Gasteiger partial charge on any atom is -0.493 e. The maximum Gasteiger partial charge on any atom is 0.119 e. The Morgan fingerprint density at radius 3 is 2.86 bits per heavy atom. The van der Waals surface area contributed by atoms with Crippen LogP contribution in [0, 0.1) is 12.8 Å². The fourth-order valence-electron chi connectivity index (χ4n) is 3.02. The Morgan fingerprint density at radius 1 is 1.23 bits per heavy atom. The zero-order valence-corrected chi connectivity index (χ0v) is 13.3. The van der Waals surface area contributed by atoms with E-state index in [1.165, 1.54) is 24.9 Å². The van der Waals surface area contributed by atoms with Crippen LogP contribution in [0.4, 0.5) is 0 Å². The van der Waals surface area contributed by atoms with Gasteiger partial charge >= 0.3 is 0 Å². The molecule has 0 bridgehead atoms. The molecule has 1 saturated heterocycles. The summed E-state index contributed by atoms with van der Waals surface area (Å²) in [5.41, 5.74) is 1.27. The summed E-state index contributed by atoms with van der Waals surface area (Å²) in [6, 6.07) is 10.3. The van der Waals surface area contributed by atoms with Gasteiger partial charge in [0.15, 0.2) is 0 Å². The second kappa shape index (κ2) is 7.45. The molecular formula is C18H25N3O. The molecule has 0 spiro atoms. The topological polar surface area (TPSA) is 30.3 Å². The fraction of sp³-hybridized carbons (Fsp3) is 0.500. The number of hydrogen-bond acceptors (Lipinski definition) is 3. The Kier molecular flexibility index (Phi) is 5.11. The highest BCUT2D eigenvalue weighted by Gasteiger charge is 2.20. The van der Waals surface area contributed by atoms with Crippen LogP contribution in [0.1, 0.15) is 18.4 Å². The molecule has 1 aliphatic heterocycles. The molecule has 1 unspecified atom stereocenters. The van der Waals surface area contributed by atoms with Crippen molar-refractivity contribution in [3.63, 3.8) is 0 Å². The monoisotopic (exact) mass is 299 g/mol. The van der Waals surface area contributed by atoms with Gasteiger partial charge in [-0.1, -0.05) is 17.7 Å². The predicted molar refractivity (Wildman–Crippen MR) is 88.1 cm³/mol. The van der Waals surface area contributed by atoms with Gasteiger partial charge in [-0.15, -0.1) is 0 Å². The smallest absolute Gasteiger partial charge is 0.119 e. The quantitative estimate of drug-likeness (QED) is 0.821. The van der Waals surface area contributed by atoms with E-state index in [9.17, 15) is 0 Å². The Morgan fingerprint density at radius 2 is 2.09 bits per heavy atom. The minimum absolute atomic E-state index is 0.632.